The third-order valence-electron chi connectivity index (χ3n) is 1.75. The van der Waals surface area contributed by atoms with Crippen molar-refractivity contribution in [3.63, 3.8) is 0 Å². The lowest BCUT2D eigenvalue weighted by molar-refractivity contribution is 0.375. The Morgan fingerprint density at radius 1 is 1.54 bits per heavy atom. The van der Waals surface area contributed by atoms with Gasteiger partial charge in [0.1, 0.15) is 23.1 Å². The van der Waals surface area contributed by atoms with Crippen LogP contribution in [0.2, 0.25) is 5.02 Å². The fourth-order valence-corrected chi connectivity index (χ4v) is 1.64. The van der Waals surface area contributed by atoms with Gasteiger partial charge in [0, 0.05) is 5.02 Å². The lowest BCUT2D eigenvalue weighted by atomic mass is 10.3. The number of hydrogen-bond donors (Lipinski definition) is 0. The quantitative estimate of drug-likeness (QED) is 0.661. The molecular formula is C9H8ClNOS. The highest BCUT2D eigenvalue weighted by atomic mass is 35.5. The minimum atomic E-state index is 0.565. The molecule has 68 valence electrons. The van der Waals surface area contributed by atoms with Crippen LogP contribution in [0.3, 0.4) is 0 Å². The van der Waals surface area contributed by atoms with E-state index in [1.165, 1.54) is 0 Å². The van der Waals surface area contributed by atoms with Crippen molar-refractivity contribution in [2.24, 2.45) is 4.99 Å². The Morgan fingerprint density at radius 3 is 3.15 bits per heavy atom. The number of fused-ring (bicyclic) bond motifs is 1. The molecule has 0 radical (unpaired) electrons. The normalized spacial score (nSPS) is 14.5. The molecule has 1 aromatic carbocycles. The maximum absolute atomic E-state index is 5.84. The van der Waals surface area contributed by atoms with Gasteiger partial charge in [0.25, 0.3) is 0 Å². The number of thioether (sulfide) groups is 1. The highest BCUT2D eigenvalue weighted by Crippen LogP contribution is 2.34. The summed E-state index contributed by atoms with van der Waals surface area (Å²) in [5.74, 6) is 0.808. The van der Waals surface area contributed by atoms with Gasteiger partial charge in [-0.15, -0.1) is 11.8 Å². The first-order chi connectivity index (χ1) is 6.29. The molecule has 0 unspecified atom stereocenters. The topological polar surface area (TPSA) is 21.6 Å². The first kappa shape index (κ1) is 8.91. The summed E-state index contributed by atoms with van der Waals surface area (Å²) in [6, 6.07) is 5.46. The number of ether oxygens (including phenoxy) is 1. The summed E-state index contributed by atoms with van der Waals surface area (Å²) in [7, 11) is 0. The predicted octanol–water partition coefficient (Wildman–Crippen LogP) is 3.13. The van der Waals surface area contributed by atoms with E-state index in [0.29, 0.717) is 11.6 Å². The minimum Gasteiger partial charge on any atom is -0.484 e. The molecule has 0 bridgehead atoms. The van der Waals surface area contributed by atoms with Gasteiger partial charge >= 0.3 is 0 Å². The van der Waals surface area contributed by atoms with E-state index in [9.17, 15) is 0 Å². The molecule has 1 aliphatic rings. The van der Waals surface area contributed by atoms with Crippen LogP contribution >= 0.6 is 23.4 Å². The van der Waals surface area contributed by atoms with Crippen molar-refractivity contribution in [3.8, 4) is 5.75 Å². The summed E-state index contributed by atoms with van der Waals surface area (Å²) in [6.07, 6.45) is 1.98. The van der Waals surface area contributed by atoms with Gasteiger partial charge in [-0.25, -0.2) is 4.99 Å². The molecule has 1 heterocycles. The first-order valence-corrected chi connectivity index (χ1v) is 5.44. The van der Waals surface area contributed by atoms with Crippen LogP contribution in [0.15, 0.2) is 23.2 Å². The molecule has 0 N–H and O–H groups in total. The van der Waals surface area contributed by atoms with E-state index < -0.39 is 0 Å². The Bertz CT molecular complexity index is 365. The Kier molecular flexibility index (Phi) is 2.47. The molecule has 0 aliphatic carbocycles. The van der Waals surface area contributed by atoms with Gasteiger partial charge in [-0.05, 0) is 24.5 Å². The monoisotopic (exact) mass is 213 g/mol. The van der Waals surface area contributed by atoms with Crippen molar-refractivity contribution in [2.75, 3.05) is 12.9 Å². The molecule has 0 spiro atoms. The second-order valence-corrected chi connectivity index (χ2v) is 3.93. The Morgan fingerprint density at radius 2 is 2.38 bits per heavy atom. The third kappa shape index (κ3) is 1.81. The SMILES string of the molecule is CSC1=Nc2cc(Cl)ccc2OC1. The van der Waals surface area contributed by atoms with E-state index in [-0.39, 0.29) is 0 Å². The van der Waals surface area contributed by atoms with Crippen LogP contribution in [0.25, 0.3) is 0 Å². The Balaban J connectivity index is 2.44. The standard InChI is InChI=1S/C9H8ClNOS/c1-13-9-5-12-8-3-2-6(10)4-7(8)11-9/h2-4H,5H2,1H3. The molecule has 0 amide bonds. The summed E-state index contributed by atoms with van der Waals surface area (Å²) in [5, 5.41) is 1.67. The molecular weight excluding hydrogens is 206 g/mol. The van der Waals surface area contributed by atoms with Crippen molar-refractivity contribution in [2.45, 2.75) is 0 Å². The zero-order chi connectivity index (χ0) is 9.26. The Labute approximate surface area is 86.0 Å². The second-order valence-electron chi connectivity index (χ2n) is 2.61. The van der Waals surface area contributed by atoms with E-state index >= 15 is 0 Å². The largest absolute Gasteiger partial charge is 0.484 e. The minimum absolute atomic E-state index is 0.565. The van der Waals surface area contributed by atoms with Gasteiger partial charge in [-0.2, -0.15) is 0 Å². The molecule has 0 atom stereocenters. The van der Waals surface area contributed by atoms with Crippen LogP contribution in [-0.2, 0) is 0 Å². The van der Waals surface area contributed by atoms with E-state index in [1.807, 2.05) is 18.4 Å². The lowest BCUT2D eigenvalue weighted by Gasteiger charge is -2.15. The van der Waals surface area contributed by atoms with Crippen LogP contribution in [0, 0.1) is 0 Å². The summed E-state index contributed by atoms with van der Waals surface area (Å²) >= 11 is 7.43. The number of rotatable bonds is 0. The average Bonchev–Trinajstić information content (AvgIpc) is 2.16. The summed E-state index contributed by atoms with van der Waals surface area (Å²) in [6.45, 7) is 0.565. The average molecular weight is 214 g/mol. The van der Waals surface area contributed by atoms with Gasteiger partial charge in [0.2, 0.25) is 0 Å². The van der Waals surface area contributed by atoms with Crippen LogP contribution in [0.1, 0.15) is 0 Å². The third-order valence-corrected chi connectivity index (χ3v) is 2.67. The summed E-state index contributed by atoms with van der Waals surface area (Å²) in [5.41, 5.74) is 0.822. The molecule has 4 heteroatoms. The number of hydrogen-bond acceptors (Lipinski definition) is 3. The number of halogens is 1. The van der Waals surface area contributed by atoms with Crippen molar-refractivity contribution >= 4 is 34.1 Å². The van der Waals surface area contributed by atoms with E-state index in [2.05, 4.69) is 4.99 Å². The van der Waals surface area contributed by atoms with Gasteiger partial charge in [0.15, 0.2) is 0 Å². The summed E-state index contributed by atoms with van der Waals surface area (Å²) in [4.78, 5) is 4.39. The maximum atomic E-state index is 5.84. The van der Waals surface area contributed by atoms with Crippen molar-refractivity contribution in [1.29, 1.82) is 0 Å². The molecule has 2 rings (SSSR count). The fraction of sp³-hybridized carbons (Fsp3) is 0.222. The van der Waals surface area contributed by atoms with E-state index in [1.54, 1.807) is 17.8 Å². The van der Waals surface area contributed by atoms with Gasteiger partial charge in [-0.3, -0.25) is 0 Å². The molecule has 1 aromatic rings. The zero-order valence-electron chi connectivity index (χ0n) is 7.08. The smallest absolute Gasteiger partial charge is 0.145 e. The van der Waals surface area contributed by atoms with E-state index in [0.717, 1.165) is 16.5 Å². The molecule has 2 nitrogen and oxygen atoms in total. The summed E-state index contributed by atoms with van der Waals surface area (Å²) < 4.78 is 5.47. The van der Waals surface area contributed by atoms with Crippen molar-refractivity contribution < 1.29 is 4.74 Å². The molecule has 0 aromatic heterocycles. The molecule has 0 fully saturated rings. The van der Waals surface area contributed by atoms with Gasteiger partial charge < -0.3 is 4.74 Å². The van der Waals surface area contributed by atoms with Crippen LogP contribution in [-0.4, -0.2) is 17.9 Å². The van der Waals surface area contributed by atoms with Gasteiger partial charge in [0.05, 0.1) is 0 Å². The predicted molar refractivity (Wildman–Crippen MR) is 57.6 cm³/mol. The molecule has 0 saturated carbocycles. The van der Waals surface area contributed by atoms with Crippen LogP contribution in [0.5, 0.6) is 5.75 Å². The second kappa shape index (κ2) is 3.60. The lowest BCUT2D eigenvalue weighted by Crippen LogP contribution is -2.11. The zero-order valence-corrected chi connectivity index (χ0v) is 8.65. The number of nitrogens with zero attached hydrogens (tertiary/aromatic N) is 1. The molecule has 1 aliphatic heterocycles. The highest BCUT2D eigenvalue weighted by molar-refractivity contribution is 8.13. The van der Waals surface area contributed by atoms with E-state index in [4.69, 9.17) is 16.3 Å². The highest BCUT2D eigenvalue weighted by Gasteiger charge is 2.11. The maximum Gasteiger partial charge on any atom is 0.145 e. The Hall–Kier alpha value is -0.670. The van der Waals surface area contributed by atoms with Crippen molar-refractivity contribution in [3.05, 3.63) is 23.2 Å². The van der Waals surface area contributed by atoms with Crippen LogP contribution < -0.4 is 4.74 Å². The molecule has 13 heavy (non-hydrogen) atoms. The van der Waals surface area contributed by atoms with Gasteiger partial charge in [-0.1, -0.05) is 11.6 Å². The number of aliphatic imine (C=N–C) groups is 1. The van der Waals surface area contributed by atoms with Crippen LogP contribution in [0.4, 0.5) is 5.69 Å². The van der Waals surface area contributed by atoms with Crippen molar-refractivity contribution in [1.82, 2.24) is 0 Å². The molecule has 0 saturated heterocycles. The number of benzene rings is 1. The first-order valence-electron chi connectivity index (χ1n) is 3.83. The fourth-order valence-electron chi connectivity index (χ4n) is 1.11.